The van der Waals surface area contributed by atoms with Crippen molar-refractivity contribution in [2.24, 2.45) is 5.73 Å². The molecule has 1 aromatic rings. The van der Waals surface area contributed by atoms with Crippen molar-refractivity contribution in [2.45, 2.75) is 6.42 Å². The van der Waals surface area contributed by atoms with Crippen LogP contribution in [-0.4, -0.2) is 10.8 Å². The molecule has 0 radical (unpaired) electrons. The zero-order chi connectivity index (χ0) is 8.27. The van der Waals surface area contributed by atoms with Crippen LogP contribution >= 0.6 is 0 Å². The highest BCUT2D eigenvalue weighted by Crippen LogP contribution is 2.00. The molecule has 58 valence electrons. The van der Waals surface area contributed by atoms with Crippen molar-refractivity contribution in [3.63, 3.8) is 0 Å². The lowest BCUT2D eigenvalue weighted by Gasteiger charge is -1.98. The summed E-state index contributed by atoms with van der Waals surface area (Å²) in [5.74, 6) is 0.562. The van der Waals surface area contributed by atoms with Gasteiger partial charge in [-0.1, -0.05) is 6.07 Å². The van der Waals surface area contributed by atoms with Crippen LogP contribution in [0.1, 0.15) is 5.69 Å². The summed E-state index contributed by atoms with van der Waals surface area (Å²) in [5.41, 5.74) is 11.3. The third kappa shape index (κ3) is 2.25. The fourth-order valence-electron chi connectivity index (χ4n) is 0.792. The van der Waals surface area contributed by atoms with E-state index < -0.39 is 0 Å². The first-order valence-electron chi connectivity index (χ1n) is 3.23. The van der Waals surface area contributed by atoms with E-state index in [1.165, 1.54) is 0 Å². The predicted molar refractivity (Wildman–Crippen MR) is 44.3 cm³/mol. The number of rotatable bonds is 2. The Hall–Kier alpha value is -1.58. The molecule has 0 spiro atoms. The molecule has 0 fully saturated rings. The van der Waals surface area contributed by atoms with Crippen LogP contribution in [0.2, 0.25) is 0 Å². The maximum absolute atomic E-state index is 7.00. The fourth-order valence-corrected chi connectivity index (χ4v) is 0.792. The number of nitrogen functional groups attached to an aromatic ring is 1. The number of anilines is 1. The summed E-state index contributed by atoms with van der Waals surface area (Å²) in [5, 5.41) is 7.00. The molecule has 0 bridgehead atoms. The summed E-state index contributed by atoms with van der Waals surface area (Å²) in [6.07, 6.45) is 0.366. The van der Waals surface area contributed by atoms with Crippen molar-refractivity contribution in [1.82, 2.24) is 4.98 Å². The Morgan fingerprint density at radius 3 is 2.82 bits per heavy atom. The van der Waals surface area contributed by atoms with Crippen LogP contribution in [0.3, 0.4) is 0 Å². The molecular weight excluding hydrogens is 140 g/mol. The Balaban J connectivity index is 2.79. The Morgan fingerprint density at radius 2 is 2.27 bits per heavy atom. The van der Waals surface area contributed by atoms with E-state index in [4.69, 9.17) is 16.9 Å². The van der Waals surface area contributed by atoms with Gasteiger partial charge in [0.1, 0.15) is 5.82 Å². The normalized spacial score (nSPS) is 9.45. The molecule has 0 atom stereocenters. The number of nitrogens with zero attached hydrogens (tertiary/aromatic N) is 1. The van der Waals surface area contributed by atoms with E-state index in [-0.39, 0.29) is 5.84 Å². The van der Waals surface area contributed by atoms with Gasteiger partial charge in [0.05, 0.1) is 11.5 Å². The van der Waals surface area contributed by atoms with Gasteiger partial charge in [0, 0.05) is 6.42 Å². The lowest BCUT2D eigenvalue weighted by atomic mass is 10.2. The first-order chi connectivity index (χ1) is 5.18. The third-order valence-electron chi connectivity index (χ3n) is 1.20. The van der Waals surface area contributed by atoms with E-state index in [2.05, 4.69) is 4.98 Å². The van der Waals surface area contributed by atoms with Gasteiger partial charge in [-0.05, 0) is 12.1 Å². The van der Waals surface area contributed by atoms with E-state index in [9.17, 15) is 0 Å². The molecule has 1 aromatic heterocycles. The first kappa shape index (κ1) is 7.53. The second-order valence-corrected chi connectivity index (χ2v) is 2.26. The van der Waals surface area contributed by atoms with E-state index in [0.717, 1.165) is 5.69 Å². The molecule has 4 nitrogen and oxygen atoms in total. The maximum Gasteiger partial charge on any atom is 0.123 e. The highest BCUT2D eigenvalue weighted by molar-refractivity contribution is 5.79. The van der Waals surface area contributed by atoms with Crippen LogP contribution in [-0.2, 0) is 6.42 Å². The van der Waals surface area contributed by atoms with Gasteiger partial charge < -0.3 is 11.5 Å². The fraction of sp³-hybridized carbons (Fsp3) is 0.143. The highest BCUT2D eigenvalue weighted by atomic mass is 14.8. The lowest BCUT2D eigenvalue weighted by Crippen LogP contribution is -2.13. The molecule has 0 aliphatic carbocycles. The average Bonchev–Trinajstić information content (AvgIpc) is 1.85. The Labute approximate surface area is 64.7 Å². The van der Waals surface area contributed by atoms with E-state index in [0.29, 0.717) is 12.2 Å². The van der Waals surface area contributed by atoms with Crippen molar-refractivity contribution < 1.29 is 0 Å². The van der Waals surface area contributed by atoms with Crippen molar-refractivity contribution >= 4 is 11.7 Å². The Kier molecular flexibility index (Phi) is 2.06. The maximum atomic E-state index is 7.00. The quantitative estimate of drug-likeness (QED) is 0.414. The number of aromatic nitrogens is 1. The minimum Gasteiger partial charge on any atom is -0.387 e. The van der Waals surface area contributed by atoms with Gasteiger partial charge in [-0.25, -0.2) is 4.98 Å². The summed E-state index contributed by atoms with van der Waals surface area (Å²) in [4.78, 5) is 3.97. The molecule has 0 saturated carbocycles. The number of nitrogens with one attached hydrogen (secondary N) is 1. The van der Waals surface area contributed by atoms with Crippen molar-refractivity contribution in [3.05, 3.63) is 23.9 Å². The summed E-state index contributed by atoms with van der Waals surface area (Å²) in [7, 11) is 0. The first-order valence-corrected chi connectivity index (χ1v) is 3.23. The van der Waals surface area contributed by atoms with Crippen LogP contribution in [0.25, 0.3) is 0 Å². The Morgan fingerprint density at radius 1 is 1.55 bits per heavy atom. The number of hydrogen-bond donors (Lipinski definition) is 3. The second-order valence-electron chi connectivity index (χ2n) is 2.26. The molecule has 1 heterocycles. The zero-order valence-corrected chi connectivity index (χ0v) is 6.04. The monoisotopic (exact) mass is 150 g/mol. The molecule has 4 heteroatoms. The number of pyridine rings is 1. The molecule has 0 amide bonds. The highest BCUT2D eigenvalue weighted by Gasteiger charge is 1.95. The number of nitrogens with two attached hydrogens (primary N) is 2. The van der Waals surface area contributed by atoms with Crippen LogP contribution in [0.15, 0.2) is 18.2 Å². The molecule has 5 N–H and O–H groups in total. The molecular formula is C7H10N4. The van der Waals surface area contributed by atoms with E-state index in [1.54, 1.807) is 18.2 Å². The molecule has 0 unspecified atom stereocenters. The van der Waals surface area contributed by atoms with Crippen LogP contribution in [0.4, 0.5) is 5.82 Å². The van der Waals surface area contributed by atoms with Gasteiger partial charge >= 0.3 is 0 Å². The molecule has 11 heavy (non-hydrogen) atoms. The van der Waals surface area contributed by atoms with Gasteiger partial charge in [-0.3, -0.25) is 5.41 Å². The minimum atomic E-state index is 0.100. The van der Waals surface area contributed by atoms with Crippen LogP contribution < -0.4 is 11.5 Å². The summed E-state index contributed by atoms with van der Waals surface area (Å²) in [6.45, 7) is 0. The van der Waals surface area contributed by atoms with Gasteiger partial charge in [0.2, 0.25) is 0 Å². The molecule has 0 aromatic carbocycles. The van der Waals surface area contributed by atoms with Crippen LogP contribution in [0.5, 0.6) is 0 Å². The largest absolute Gasteiger partial charge is 0.387 e. The predicted octanol–water partition coefficient (Wildman–Crippen LogP) is 0.142. The molecule has 0 aliphatic rings. The second kappa shape index (κ2) is 3.01. The summed E-state index contributed by atoms with van der Waals surface area (Å²) in [6, 6.07) is 5.28. The molecule has 1 rings (SSSR count). The standard InChI is InChI=1S/C7H10N4/c8-6(9)4-5-2-1-3-7(10)11-5/h1-3H,4H2,(H3,8,9)(H2,10,11). The van der Waals surface area contributed by atoms with Gasteiger partial charge in [-0.15, -0.1) is 0 Å². The SMILES string of the molecule is N=C(N)Cc1cccc(N)n1. The average molecular weight is 150 g/mol. The van der Waals surface area contributed by atoms with Gasteiger partial charge in [-0.2, -0.15) is 0 Å². The van der Waals surface area contributed by atoms with E-state index in [1.807, 2.05) is 0 Å². The molecule has 0 saturated heterocycles. The topological polar surface area (TPSA) is 88.8 Å². The van der Waals surface area contributed by atoms with Gasteiger partial charge in [0.25, 0.3) is 0 Å². The lowest BCUT2D eigenvalue weighted by molar-refractivity contribution is 1.12. The number of hydrogen-bond acceptors (Lipinski definition) is 3. The smallest absolute Gasteiger partial charge is 0.123 e. The third-order valence-corrected chi connectivity index (χ3v) is 1.20. The van der Waals surface area contributed by atoms with Crippen molar-refractivity contribution in [1.29, 1.82) is 5.41 Å². The molecule has 0 aliphatic heterocycles. The summed E-state index contributed by atoms with van der Waals surface area (Å²) < 4.78 is 0. The van der Waals surface area contributed by atoms with Crippen LogP contribution in [0, 0.1) is 5.41 Å². The summed E-state index contributed by atoms with van der Waals surface area (Å²) >= 11 is 0. The number of amidine groups is 1. The van der Waals surface area contributed by atoms with Crippen molar-refractivity contribution in [2.75, 3.05) is 5.73 Å². The van der Waals surface area contributed by atoms with Gasteiger partial charge in [0.15, 0.2) is 0 Å². The minimum absolute atomic E-state index is 0.100. The van der Waals surface area contributed by atoms with E-state index >= 15 is 0 Å². The van der Waals surface area contributed by atoms with Crippen molar-refractivity contribution in [3.8, 4) is 0 Å². The Bertz CT molecular complexity index is 269. The zero-order valence-electron chi connectivity index (χ0n) is 6.04.